The molecule has 0 N–H and O–H groups in total. The number of hydrogen-bond acceptors (Lipinski definition) is 1. The van der Waals surface area contributed by atoms with E-state index in [4.69, 9.17) is 11.6 Å². The van der Waals surface area contributed by atoms with Gasteiger partial charge in [-0.2, -0.15) is 0 Å². The predicted octanol–water partition coefficient (Wildman–Crippen LogP) is 5.21. The van der Waals surface area contributed by atoms with Crippen molar-refractivity contribution >= 4 is 33.3 Å². The second kappa shape index (κ2) is 5.71. The van der Waals surface area contributed by atoms with Gasteiger partial charge in [0.05, 0.1) is 5.02 Å². The van der Waals surface area contributed by atoms with E-state index in [0.717, 1.165) is 22.9 Å². The number of aryl methyl sites for hydroxylation is 2. The van der Waals surface area contributed by atoms with Crippen LogP contribution in [0.1, 0.15) is 39.9 Å². The largest absolute Gasteiger partial charge is 0.289 e. The second-order valence-electron chi connectivity index (χ2n) is 5.14. The third-order valence-electron chi connectivity index (χ3n) is 3.78. The van der Waals surface area contributed by atoms with Crippen LogP contribution in [-0.4, -0.2) is 5.78 Å². The maximum atomic E-state index is 12.6. The van der Waals surface area contributed by atoms with Crippen molar-refractivity contribution in [2.45, 2.75) is 25.7 Å². The molecule has 20 heavy (non-hydrogen) atoms. The highest BCUT2D eigenvalue weighted by Gasteiger charge is 2.16. The van der Waals surface area contributed by atoms with Crippen molar-refractivity contribution in [1.82, 2.24) is 0 Å². The van der Waals surface area contributed by atoms with Crippen LogP contribution >= 0.6 is 27.5 Å². The van der Waals surface area contributed by atoms with Gasteiger partial charge < -0.3 is 0 Å². The van der Waals surface area contributed by atoms with Crippen molar-refractivity contribution in [3.63, 3.8) is 0 Å². The van der Waals surface area contributed by atoms with E-state index in [2.05, 4.69) is 22.0 Å². The van der Waals surface area contributed by atoms with Crippen LogP contribution in [0, 0.1) is 0 Å². The van der Waals surface area contributed by atoms with Gasteiger partial charge in [-0.15, -0.1) is 0 Å². The first kappa shape index (κ1) is 13.8. The number of carbonyl (C=O) groups excluding carboxylic acids is 1. The molecule has 3 heteroatoms. The van der Waals surface area contributed by atoms with Crippen LogP contribution in [-0.2, 0) is 12.8 Å². The maximum Gasteiger partial charge on any atom is 0.194 e. The summed E-state index contributed by atoms with van der Waals surface area (Å²) in [6, 6.07) is 11.4. The van der Waals surface area contributed by atoms with Gasteiger partial charge in [-0.05, 0) is 61.1 Å². The minimum Gasteiger partial charge on any atom is -0.289 e. The van der Waals surface area contributed by atoms with Crippen molar-refractivity contribution < 1.29 is 4.79 Å². The molecule has 2 aromatic carbocycles. The van der Waals surface area contributed by atoms with E-state index in [1.165, 1.54) is 24.0 Å². The Hall–Kier alpha value is -1.12. The zero-order valence-electron chi connectivity index (χ0n) is 11.0. The van der Waals surface area contributed by atoms with Gasteiger partial charge in [0.2, 0.25) is 0 Å². The van der Waals surface area contributed by atoms with Crippen molar-refractivity contribution in [1.29, 1.82) is 0 Å². The lowest BCUT2D eigenvalue weighted by atomic mass is 9.89. The molecule has 0 aromatic heterocycles. The fourth-order valence-electron chi connectivity index (χ4n) is 2.70. The molecule has 1 nitrogen and oxygen atoms in total. The molecule has 0 amide bonds. The second-order valence-corrected chi connectivity index (χ2v) is 6.47. The van der Waals surface area contributed by atoms with E-state index < -0.39 is 0 Å². The fourth-order valence-corrected chi connectivity index (χ4v) is 3.27. The Morgan fingerprint density at radius 2 is 1.75 bits per heavy atom. The quantitative estimate of drug-likeness (QED) is 0.680. The zero-order valence-corrected chi connectivity index (χ0v) is 13.3. The van der Waals surface area contributed by atoms with Crippen molar-refractivity contribution in [3.05, 3.63) is 68.1 Å². The number of benzene rings is 2. The molecule has 0 atom stereocenters. The Morgan fingerprint density at radius 1 is 1.00 bits per heavy atom. The molecule has 0 saturated carbocycles. The molecule has 0 radical (unpaired) electrons. The van der Waals surface area contributed by atoms with Crippen molar-refractivity contribution in [3.8, 4) is 0 Å². The fraction of sp³-hybridized carbons (Fsp3) is 0.235. The molecule has 102 valence electrons. The summed E-state index contributed by atoms with van der Waals surface area (Å²) in [5.41, 5.74) is 3.98. The molecule has 0 unspecified atom stereocenters. The van der Waals surface area contributed by atoms with Gasteiger partial charge in [0.15, 0.2) is 5.78 Å². The van der Waals surface area contributed by atoms with Crippen LogP contribution in [0.15, 0.2) is 40.9 Å². The summed E-state index contributed by atoms with van der Waals surface area (Å²) >= 11 is 9.53. The van der Waals surface area contributed by atoms with Crippen molar-refractivity contribution in [2.24, 2.45) is 0 Å². The minimum atomic E-state index is -0.00956. The van der Waals surface area contributed by atoms with Crippen LogP contribution in [0.25, 0.3) is 0 Å². The molecule has 1 aliphatic carbocycles. The number of rotatable bonds is 2. The Balaban J connectivity index is 2.00. The molecule has 2 aromatic rings. The lowest BCUT2D eigenvalue weighted by Gasteiger charge is -2.16. The molecule has 1 aliphatic rings. The highest BCUT2D eigenvalue weighted by molar-refractivity contribution is 9.10. The minimum absolute atomic E-state index is 0.00956. The summed E-state index contributed by atoms with van der Waals surface area (Å²) in [6.45, 7) is 0. The lowest BCUT2D eigenvalue weighted by Crippen LogP contribution is -2.07. The average Bonchev–Trinajstić information content (AvgIpc) is 2.48. The average molecular weight is 350 g/mol. The van der Waals surface area contributed by atoms with Crippen molar-refractivity contribution in [2.75, 3.05) is 0 Å². The summed E-state index contributed by atoms with van der Waals surface area (Å²) in [7, 11) is 0. The Kier molecular flexibility index (Phi) is 3.95. The first-order chi connectivity index (χ1) is 9.65. The standard InChI is InChI=1S/C17H14BrClO/c18-14-7-8-16(19)15(10-14)17(20)13-6-5-11-3-1-2-4-12(11)9-13/h5-10H,1-4H2. The molecule has 0 aliphatic heterocycles. The predicted molar refractivity (Wildman–Crippen MR) is 85.7 cm³/mol. The summed E-state index contributed by atoms with van der Waals surface area (Å²) in [5.74, 6) is -0.00956. The lowest BCUT2D eigenvalue weighted by molar-refractivity contribution is 0.103. The van der Waals surface area contributed by atoms with E-state index in [-0.39, 0.29) is 5.78 Å². The third kappa shape index (κ3) is 2.68. The topological polar surface area (TPSA) is 17.1 Å². The molecular weight excluding hydrogens is 336 g/mol. The van der Waals surface area contributed by atoms with Gasteiger partial charge in [0.25, 0.3) is 0 Å². The maximum absolute atomic E-state index is 12.6. The summed E-state index contributed by atoms with van der Waals surface area (Å²) in [5, 5.41) is 0.496. The molecule has 0 heterocycles. The Morgan fingerprint density at radius 3 is 2.55 bits per heavy atom. The molecule has 0 fully saturated rings. The number of ketones is 1. The molecular formula is C17H14BrClO. The summed E-state index contributed by atoms with van der Waals surface area (Å²) in [6.07, 6.45) is 4.66. The Bertz CT molecular complexity index is 679. The summed E-state index contributed by atoms with van der Waals surface area (Å²) < 4.78 is 0.864. The number of hydrogen-bond donors (Lipinski definition) is 0. The van der Waals surface area contributed by atoms with Gasteiger partial charge in [0.1, 0.15) is 0 Å². The van der Waals surface area contributed by atoms with E-state index in [9.17, 15) is 4.79 Å². The zero-order chi connectivity index (χ0) is 14.1. The van der Waals surface area contributed by atoms with E-state index >= 15 is 0 Å². The van der Waals surface area contributed by atoms with Gasteiger partial charge >= 0.3 is 0 Å². The smallest absolute Gasteiger partial charge is 0.194 e. The van der Waals surface area contributed by atoms with Gasteiger partial charge in [0, 0.05) is 15.6 Å². The SMILES string of the molecule is O=C(c1ccc2c(c1)CCCC2)c1cc(Br)ccc1Cl. The van der Waals surface area contributed by atoms with Crippen LogP contribution in [0.5, 0.6) is 0 Å². The van der Waals surface area contributed by atoms with Crippen LogP contribution in [0.2, 0.25) is 5.02 Å². The number of fused-ring (bicyclic) bond motifs is 1. The monoisotopic (exact) mass is 348 g/mol. The van der Waals surface area contributed by atoms with Gasteiger partial charge in [-0.1, -0.05) is 39.7 Å². The first-order valence-electron chi connectivity index (χ1n) is 6.77. The van der Waals surface area contributed by atoms with E-state index in [1.54, 1.807) is 12.1 Å². The van der Waals surface area contributed by atoms with E-state index in [1.807, 2.05) is 18.2 Å². The highest BCUT2D eigenvalue weighted by atomic mass is 79.9. The summed E-state index contributed by atoms with van der Waals surface area (Å²) in [4.78, 5) is 12.6. The Labute approximate surface area is 132 Å². The van der Waals surface area contributed by atoms with Gasteiger partial charge in [-0.3, -0.25) is 4.79 Å². The molecule has 0 spiro atoms. The van der Waals surface area contributed by atoms with Crippen LogP contribution in [0.3, 0.4) is 0 Å². The number of carbonyl (C=O) groups is 1. The molecule has 0 bridgehead atoms. The molecule has 0 saturated heterocycles. The normalized spacial score (nSPS) is 13.9. The van der Waals surface area contributed by atoms with Crippen LogP contribution in [0.4, 0.5) is 0 Å². The van der Waals surface area contributed by atoms with Gasteiger partial charge in [-0.25, -0.2) is 0 Å². The highest BCUT2D eigenvalue weighted by Crippen LogP contribution is 2.26. The van der Waals surface area contributed by atoms with Crippen LogP contribution < -0.4 is 0 Å². The first-order valence-corrected chi connectivity index (χ1v) is 7.94. The molecule has 3 rings (SSSR count). The number of halogens is 2. The van der Waals surface area contributed by atoms with E-state index in [0.29, 0.717) is 10.6 Å². The third-order valence-corrected chi connectivity index (χ3v) is 4.61.